The van der Waals surface area contributed by atoms with E-state index in [0.29, 0.717) is 17.9 Å². The Balaban J connectivity index is 1.52. The van der Waals surface area contributed by atoms with Crippen LogP contribution in [0.4, 0.5) is 5.69 Å². The Hall–Kier alpha value is -1.82. The first-order chi connectivity index (χ1) is 11.7. The number of carbonyl (C=O) groups excluding carboxylic acids is 1. The molecule has 2 aromatic rings. The maximum atomic E-state index is 12.0. The molecule has 0 unspecified atom stereocenters. The molecule has 0 bridgehead atoms. The Bertz CT molecular complexity index is 667. The average Bonchev–Trinajstić information content (AvgIpc) is 3.10. The highest BCUT2D eigenvalue weighted by Crippen LogP contribution is 2.23. The van der Waals surface area contributed by atoms with Gasteiger partial charge < -0.3 is 14.5 Å². The van der Waals surface area contributed by atoms with Gasteiger partial charge in [0.25, 0.3) is 0 Å². The normalized spacial score (nSPS) is 15.4. The number of morpholine rings is 1. The van der Waals surface area contributed by atoms with Crippen LogP contribution in [-0.2, 0) is 22.5 Å². The standard InChI is InChI=1S/C18H21ClN2O3/c19-17-12-15(20-18(22)6-5-16-2-1-9-24-16)4-3-14(17)13-21-7-10-23-11-8-21/h1-4,9,12H,5-8,10-11,13H2,(H,20,22). The van der Waals surface area contributed by atoms with Gasteiger partial charge in [0.2, 0.25) is 5.91 Å². The van der Waals surface area contributed by atoms with Crippen molar-refractivity contribution in [3.8, 4) is 0 Å². The summed E-state index contributed by atoms with van der Waals surface area (Å²) < 4.78 is 10.6. The highest BCUT2D eigenvalue weighted by atomic mass is 35.5. The lowest BCUT2D eigenvalue weighted by atomic mass is 10.1. The summed E-state index contributed by atoms with van der Waals surface area (Å²) in [7, 11) is 0. The largest absolute Gasteiger partial charge is 0.469 e. The van der Waals surface area contributed by atoms with Crippen molar-refractivity contribution in [3.05, 3.63) is 52.9 Å². The van der Waals surface area contributed by atoms with Gasteiger partial charge in [0.05, 0.1) is 19.5 Å². The van der Waals surface area contributed by atoms with Gasteiger partial charge in [-0.25, -0.2) is 0 Å². The van der Waals surface area contributed by atoms with Crippen LogP contribution in [0.25, 0.3) is 0 Å². The van der Waals surface area contributed by atoms with E-state index in [1.807, 2.05) is 30.3 Å². The van der Waals surface area contributed by atoms with Crippen LogP contribution in [0.15, 0.2) is 41.0 Å². The molecule has 0 saturated carbocycles. The molecule has 0 aliphatic carbocycles. The molecular weight excluding hydrogens is 328 g/mol. The van der Waals surface area contributed by atoms with E-state index < -0.39 is 0 Å². The molecule has 128 valence electrons. The van der Waals surface area contributed by atoms with Crippen molar-refractivity contribution in [3.63, 3.8) is 0 Å². The van der Waals surface area contributed by atoms with Crippen molar-refractivity contribution in [2.24, 2.45) is 0 Å². The maximum absolute atomic E-state index is 12.0. The van der Waals surface area contributed by atoms with E-state index in [-0.39, 0.29) is 5.91 Å². The number of anilines is 1. The summed E-state index contributed by atoms with van der Waals surface area (Å²) in [5, 5.41) is 3.55. The van der Waals surface area contributed by atoms with Crippen LogP contribution in [0.5, 0.6) is 0 Å². The molecule has 5 nitrogen and oxygen atoms in total. The molecular formula is C18H21ClN2O3. The van der Waals surface area contributed by atoms with Gasteiger partial charge in [0.1, 0.15) is 5.76 Å². The van der Waals surface area contributed by atoms with Crippen LogP contribution >= 0.6 is 11.6 Å². The zero-order chi connectivity index (χ0) is 16.8. The summed E-state index contributed by atoms with van der Waals surface area (Å²) in [5.41, 5.74) is 1.78. The lowest BCUT2D eigenvalue weighted by Crippen LogP contribution is -2.35. The first-order valence-corrected chi connectivity index (χ1v) is 8.49. The smallest absolute Gasteiger partial charge is 0.224 e. The Morgan fingerprint density at radius 3 is 2.79 bits per heavy atom. The number of halogens is 1. The Kier molecular flexibility index (Phi) is 5.91. The van der Waals surface area contributed by atoms with E-state index >= 15 is 0 Å². The molecule has 1 fully saturated rings. The van der Waals surface area contributed by atoms with E-state index in [1.54, 1.807) is 6.26 Å². The third kappa shape index (κ3) is 4.84. The van der Waals surface area contributed by atoms with E-state index in [4.69, 9.17) is 20.8 Å². The molecule has 1 aromatic heterocycles. The fraction of sp³-hybridized carbons (Fsp3) is 0.389. The van der Waals surface area contributed by atoms with E-state index in [0.717, 1.165) is 49.9 Å². The Morgan fingerprint density at radius 1 is 1.25 bits per heavy atom. The number of nitrogens with one attached hydrogen (secondary N) is 1. The molecule has 3 rings (SSSR count). The summed E-state index contributed by atoms with van der Waals surface area (Å²) >= 11 is 6.37. The van der Waals surface area contributed by atoms with Gasteiger partial charge in [-0.05, 0) is 29.8 Å². The van der Waals surface area contributed by atoms with E-state index in [1.165, 1.54) is 0 Å². The van der Waals surface area contributed by atoms with Crippen molar-refractivity contribution >= 4 is 23.2 Å². The van der Waals surface area contributed by atoms with Gasteiger partial charge in [0.15, 0.2) is 0 Å². The zero-order valence-electron chi connectivity index (χ0n) is 13.5. The lowest BCUT2D eigenvalue weighted by molar-refractivity contribution is -0.116. The third-order valence-corrected chi connectivity index (χ3v) is 4.36. The number of hydrogen-bond acceptors (Lipinski definition) is 4. The van der Waals surface area contributed by atoms with Gasteiger partial charge in [0, 0.05) is 43.2 Å². The molecule has 1 amide bonds. The molecule has 24 heavy (non-hydrogen) atoms. The number of amides is 1. The minimum Gasteiger partial charge on any atom is -0.469 e. The van der Waals surface area contributed by atoms with Gasteiger partial charge in [-0.2, -0.15) is 0 Å². The summed E-state index contributed by atoms with van der Waals surface area (Å²) in [5.74, 6) is 0.757. The number of rotatable bonds is 6. The second kappa shape index (κ2) is 8.33. The monoisotopic (exact) mass is 348 g/mol. The van der Waals surface area contributed by atoms with E-state index in [9.17, 15) is 4.79 Å². The average molecular weight is 349 g/mol. The summed E-state index contributed by atoms with van der Waals surface area (Å²) in [6.45, 7) is 4.17. The Labute approximate surface area is 146 Å². The Morgan fingerprint density at radius 2 is 2.08 bits per heavy atom. The number of aryl methyl sites for hydroxylation is 1. The molecule has 6 heteroatoms. The number of benzene rings is 1. The van der Waals surface area contributed by atoms with Crippen LogP contribution in [0.1, 0.15) is 17.7 Å². The minimum atomic E-state index is -0.0524. The molecule has 1 saturated heterocycles. The second-order valence-electron chi connectivity index (χ2n) is 5.82. The van der Waals surface area contributed by atoms with Crippen molar-refractivity contribution in [2.45, 2.75) is 19.4 Å². The molecule has 0 atom stereocenters. The van der Waals surface area contributed by atoms with Crippen LogP contribution in [0, 0.1) is 0 Å². The predicted molar refractivity (Wildman–Crippen MR) is 93.2 cm³/mol. The molecule has 1 aliphatic rings. The number of furan rings is 1. The van der Waals surface area contributed by atoms with Crippen molar-refractivity contribution in [2.75, 3.05) is 31.6 Å². The molecule has 0 radical (unpaired) electrons. The summed E-state index contributed by atoms with van der Waals surface area (Å²) in [4.78, 5) is 14.3. The molecule has 1 aliphatic heterocycles. The number of hydrogen-bond donors (Lipinski definition) is 1. The first kappa shape index (κ1) is 17.0. The fourth-order valence-electron chi connectivity index (χ4n) is 2.67. The molecule has 0 spiro atoms. The first-order valence-electron chi connectivity index (χ1n) is 8.11. The van der Waals surface area contributed by atoms with Gasteiger partial charge >= 0.3 is 0 Å². The number of ether oxygens (including phenoxy) is 1. The summed E-state index contributed by atoms with van der Waals surface area (Å²) in [6.07, 6.45) is 2.57. The maximum Gasteiger partial charge on any atom is 0.224 e. The molecule has 2 heterocycles. The molecule has 1 N–H and O–H groups in total. The number of carbonyl (C=O) groups is 1. The van der Waals surface area contributed by atoms with Crippen LogP contribution in [0.3, 0.4) is 0 Å². The van der Waals surface area contributed by atoms with Crippen molar-refractivity contribution in [1.29, 1.82) is 0 Å². The quantitative estimate of drug-likeness (QED) is 0.870. The third-order valence-electron chi connectivity index (χ3n) is 4.01. The van der Waals surface area contributed by atoms with Gasteiger partial charge in [-0.15, -0.1) is 0 Å². The van der Waals surface area contributed by atoms with Crippen LogP contribution in [0.2, 0.25) is 5.02 Å². The van der Waals surface area contributed by atoms with Gasteiger partial charge in [-0.1, -0.05) is 17.7 Å². The highest BCUT2D eigenvalue weighted by molar-refractivity contribution is 6.31. The fourth-order valence-corrected chi connectivity index (χ4v) is 2.91. The van der Waals surface area contributed by atoms with Crippen LogP contribution < -0.4 is 5.32 Å². The minimum absolute atomic E-state index is 0.0524. The van der Waals surface area contributed by atoms with Crippen molar-refractivity contribution in [1.82, 2.24) is 4.90 Å². The molecule has 1 aromatic carbocycles. The topological polar surface area (TPSA) is 54.7 Å². The predicted octanol–water partition coefficient (Wildman–Crippen LogP) is 3.34. The number of nitrogens with zero attached hydrogens (tertiary/aromatic N) is 1. The lowest BCUT2D eigenvalue weighted by Gasteiger charge is -2.27. The highest BCUT2D eigenvalue weighted by Gasteiger charge is 2.13. The van der Waals surface area contributed by atoms with Gasteiger partial charge in [-0.3, -0.25) is 9.69 Å². The SMILES string of the molecule is O=C(CCc1ccco1)Nc1ccc(CN2CCOCC2)c(Cl)c1. The van der Waals surface area contributed by atoms with Crippen molar-refractivity contribution < 1.29 is 13.9 Å². The zero-order valence-corrected chi connectivity index (χ0v) is 14.2. The van der Waals surface area contributed by atoms with Crippen LogP contribution in [-0.4, -0.2) is 37.1 Å². The van der Waals surface area contributed by atoms with E-state index in [2.05, 4.69) is 10.2 Å². The second-order valence-corrected chi connectivity index (χ2v) is 6.23. The summed E-state index contributed by atoms with van der Waals surface area (Å²) in [6, 6.07) is 9.36.